The molecule has 0 saturated heterocycles. The average molecular weight is 527 g/mol. The zero-order valence-electron chi connectivity index (χ0n) is 25.5. The van der Waals surface area contributed by atoms with Crippen molar-refractivity contribution < 1.29 is 14.3 Å². The summed E-state index contributed by atoms with van der Waals surface area (Å²) in [6.45, 7) is 20.4. The van der Waals surface area contributed by atoms with E-state index in [2.05, 4.69) is 39.6 Å². The normalized spacial score (nSPS) is 11.4. The van der Waals surface area contributed by atoms with E-state index in [1.807, 2.05) is 64.1 Å². The van der Waals surface area contributed by atoms with E-state index in [-0.39, 0.29) is 17.8 Å². The molecule has 0 aliphatic carbocycles. The Morgan fingerprint density at radius 3 is 2.05 bits per heavy atom. The summed E-state index contributed by atoms with van der Waals surface area (Å²) < 4.78 is 13.7. The molecule has 212 valence electrons. The second-order valence-electron chi connectivity index (χ2n) is 10.6. The maximum absolute atomic E-state index is 13.7. The van der Waals surface area contributed by atoms with Gasteiger partial charge in [-0.3, -0.25) is 9.79 Å². The highest BCUT2D eigenvalue weighted by Crippen LogP contribution is 2.24. The van der Waals surface area contributed by atoms with E-state index in [9.17, 15) is 14.3 Å². The third-order valence-corrected chi connectivity index (χ3v) is 4.82. The molecule has 2 aromatic carbocycles. The Kier molecular flexibility index (Phi) is 20.7. The fourth-order valence-corrected chi connectivity index (χ4v) is 2.97. The van der Waals surface area contributed by atoms with E-state index in [4.69, 9.17) is 5.26 Å². The van der Waals surface area contributed by atoms with Crippen LogP contribution in [-0.2, 0) is 4.79 Å². The number of carbonyl (C=O) groups is 1. The minimum Gasteiger partial charge on any atom is -0.388 e. The van der Waals surface area contributed by atoms with Crippen molar-refractivity contribution >= 4 is 17.2 Å². The molecule has 1 unspecified atom stereocenters. The van der Waals surface area contributed by atoms with Crippen LogP contribution in [-0.4, -0.2) is 16.6 Å². The molecule has 0 fully saturated rings. The van der Waals surface area contributed by atoms with Crippen LogP contribution in [0.2, 0.25) is 0 Å². The van der Waals surface area contributed by atoms with Crippen molar-refractivity contribution in [1.29, 1.82) is 5.26 Å². The number of aliphatic hydroxyl groups is 1. The molecule has 0 saturated carbocycles. The average Bonchev–Trinajstić information content (AvgIpc) is 2.87. The van der Waals surface area contributed by atoms with Crippen molar-refractivity contribution in [3.05, 3.63) is 65.0 Å². The van der Waals surface area contributed by atoms with Crippen LogP contribution in [0, 0.1) is 29.5 Å². The highest BCUT2D eigenvalue weighted by molar-refractivity contribution is 5.85. The monoisotopic (exact) mass is 526 g/mol. The summed E-state index contributed by atoms with van der Waals surface area (Å²) in [5.41, 5.74) is 3.46. The fraction of sp³-hybridized carbons (Fsp3) is 0.545. The number of aliphatic hydroxyl groups excluding tert-OH is 1. The Hall–Kier alpha value is -2.84. The molecule has 38 heavy (non-hydrogen) atoms. The van der Waals surface area contributed by atoms with Crippen molar-refractivity contribution in [2.24, 2.45) is 10.4 Å². The first-order chi connectivity index (χ1) is 17.8. The molecular formula is C33H51FN2O2. The SMILES string of the molecule is CC.CC(C)(C)C.CCCC(=O)CC(O)c1ccccc1.CCCCC(C)=Nc1ccc(C#N)c(F)c1C. The molecule has 0 radical (unpaired) electrons. The van der Waals surface area contributed by atoms with Crippen LogP contribution < -0.4 is 0 Å². The molecular weight excluding hydrogens is 475 g/mol. The molecule has 0 aliphatic heterocycles. The lowest BCUT2D eigenvalue weighted by molar-refractivity contribution is -0.121. The molecule has 0 aromatic heterocycles. The molecule has 0 amide bonds. The molecule has 0 bridgehead atoms. The van der Waals surface area contributed by atoms with Gasteiger partial charge < -0.3 is 5.11 Å². The number of nitrogens with zero attached hydrogens (tertiary/aromatic N) is 2. The number of benzene rings is 2. The Bertz CT molecular complexity index is 981. The predicted octanol–water partition coefficient (Wildman–Crippen LogP) is 9.85. The first-order valence-corrected chi connectivity index (χ1v) is 13.8. The van der Waals surface area contributed by atoms with Crippen LogP contribution in [0.1, 0.15) is 124 Å². The molecule has 1 N–H and O–H groups in total. The molecule has 2 rings (SSSR count). The number of hydrogen-bond donors (Lipinski definition) is 1. The van der Waals surface area contributed by atoms with Gasteiger partial charge in [0.15, 0.2) is 0 Å². The topological polar surface area (TPSA) is 73.4 Å². The molecule has 4 nitrogen and oxygen atoms in total. The van der Waals surface area contributed by atoms with E-state index >= 15 is 0 Å². The van der Waals surface area contributed by atoms with E-state index in [0.717, 1.165) is 37.0 Å². The van der Waals surface area contributed by atoms with Gasteiger partial charge in [-0.25, -0.2) is 4.39 Å². The number of rotatable bonds is 9. The summed E-state index contributed by atoms with van der Waals surface area (Å²) in [6.07, 6.45) is 4.13. The smallest absolute Gasteiger partial charge is 0.146 e. The minimum absolute atomic E-state index is 0.0765. The summed E-state index contributed by atoms with van der Waals surface area (Å²) in [7, 11) is 0. The highest BCUT2D eigenvalue weighted by atomic mass is 19.1. The second kappa shape index (κ2) is 21.1. The van der Waals surface area contributed by atoms with Crippen LogP contribution in [0.5, 0.6) is 0 Å². The van der Waals surface area contributed by atoms with Crippen LogP contribution in [0.3, 0.4) is 0 Å². The van der Waals surface area contributed by atoms with Crippen molar-refractivity contribution in [3.8, 4) is 6.07 Å². The number of ketones is 1. The van der Waals surface area contributed by atoms with Crippen molar-refractivity contribution in [2.75, 3.05) is 0 Å². The first-order valence-electron chi connectivity index (χ1n) is 13.8. The number of Topliss-reactive ketones (excluding diaryl/α,β-unsaturated/α-hetero) is 1. The number of unbranched alkanes of at least 4 members (excludes halogenated alkanes) is 1. The van der Waals surface area contributed by atoms with Gasteiger partial charge in [0.25, 0.3) is 0 Å². The highest BCUT2D eigenvalue weighted by Gasteiger charge is 2.11. The predicted molar refractivity (Wildman–Crippen MR) is 161 cm³/mol. The summed E-state index contributed by atoms with van der Waals surface area (Å²) in [4.78, 5) is 15.7. The zero-order valence-corrected chi connectivity index (χ0v) is 25.5. The number of carbonyl (C=O) groups excluding carboxylic acids is 1. The van der Waals surface area contributed by atoms with E-state index < -0.39 is 11.9 Å². The maximum atomic E-state index is 13.7. The van der Waals surface area contributed by atoms with Gasteiger partial charge in [-0.2, -0.15) is 5.26 Å². The quantitative estimate of drug-likeness (QED) is 0.330. The summed E-state index contributed by atoms with van der Waals surface area (Å²) >= 11 is 0. The Balaban J connectivity index is 0. The van der Waals surface area contributed by atoms with Crippen molar-refractivity contribution in [2.45, 2.75) is 114 Å². The van der Waals surface area contributed by atoms with Gasteiger partial charge in [-0.05, 0) is 56.2 Å². The van der Waals surface area contributed by atoms with E-state index in [0.29, 0.717) is 23.1 Å². The molecule has 2 aromatic rings. The van der Waals surface area contributed by atoms with Crippen LogP contribution in [0.4, 0.5) is 10.1 Å². The lowest BCUT2D eigenvalue weighted by Gasteiger charge is -2.09. The lowest BCUT2D eigenvalue weighted by Crippen LogP contribution is -2.05. The van der Waals surface area contributed by atoms with Gasteiger partial charge in [-0.1, -0.05) is 92.1 Å². The van der Waals surface area contributed by atoms with Crippen LogP contribution in [0.25, 0.3) is 0 Å². The fourth-order valence-electron chi connectivity index (χ4n) is 2.97. The molecule has 5 heteroatoms. The van der Waals surface area contributed by atoms with E-state index in [1.165, 1.54) is 6.07 Å². The summed E-state index contributed by atoms with van der Waals surface area (Å²) in [5.74, 6) is -0.333. The van der Waals surface area contributed by atoms with Gasteiger partial charge in [0, 0.05) is 24.1 Å². The minimum atomic E-state index is -0.643. The molecule has 0 spiro atoms. The van der Waals surface area contributed by atoms with Crippen molar-refractivity contribution in [3.63, 3.8) is 0 Å². The number of nitriles is 1. The third-order valence-electron chi connectivity index (χ3n) is 4.82. The Labute approximate surface area is 232 Å². The number of hydrogen-bond acceptors (Lipinski definition) is 4. The van der Waals surface area contributed by atoms with Crippen LogP contribution in [0.15, 0.2) is 47.5 Å². The number of halogens is 1. The van der Waals surface area contributed by atoms with Gasteiger partial charge in [0.1, 0.15) is 17.7 Å². The standard InChI is InChI=1S/C14H17FN2.C12H16O2.C5H12.C2H6/c1-4-5-6-10(2)17-13-8-7-12(9-16)14(15)11(13)3;1-2-6-11(13)9-12(14)10-7-4-3-5-8-10;1-5(2,3)4;1-2/h7-8H,4-6H2,1-3H3;3-5,7-8,12,14H,2,6,9H2,1H3;1-4H3;1-2H3. The van der Waals surface area contributed by atoms with Gasteiger partial charge in [0.2, 0.25) is 0 Å². The second-order valence-corrected chi connectivity index (χ2v) is 10.6. The summed E-state index contributed by atoms with van der Waals surface area (Å²) in [5, 5.41) is 18.4. The van der Waals surface area contributed by atoms with Gasteiger partial charge in [-0.15, -0.1) is 0 Å². The van der Waals surface area contributed by atoms with E-state index in [1.54, 1.807) is 13.0 Å². The largest absolute Gasteiger partial charge is 0.388 e. The summed E-state index contributed by atoms with van der Waals surface area (Å²) in [6, 6.07) is 14.3. The number of aliphatic imine (C=N–C) groups is 1. The van der Waals surface area contributed by atoms with Crippen LogP contribution >= 0.6 is 0 Å². The molecule has 1 atom stereocenters. The Morgan fingerprint density at radius 1 is 1.03 bits per heavy atom. The molecule has 0 heterocycles. The Morgan fingerprint density at radius 2 is 1.58 bits per heavy atom. The van der Waals surface area contributed by atoms with Crippen molar-refractivity contribution in [1.82, 2.24) is 0 Å². The van der Waals surface area contributed by atoms with Gasteiger partial charge in [0.05, 0.1) is 17.4 Å². The lowest BCUT2D eigenvalue weighted by atomic mass is 10.0. The zero-order chi connectivity index (χ0) is 29.7. The third kappa shape index (κ3) is 18.4. The maximum Gasteiger partial charge on any atom is 0.146 e. The molecule has 0 aliphatic rings. The first kappa shape index (κ1) is 37.3. The van der Waals surface area contributed by atoms with Gasteiger partial charge >= 0.3 is 0 Å².